The predicted octanol–water partition coefficient (Wildman–Crippen LogP) is 2.01. The van der Waals surface area contributed by atoms with Crippen molar-refractivity contribution in [3.05, 3.63) is 59.9 Å². The number of nitrogens with zero attached hydrogens (tertiary/aromatic N) is 1. The molecule has 0 bridgehead atoms. The number of hydrogen-bond donors (Lipinski definition) is 3. The third-order valence-electron chi connectivity index (χ3n) is 2.72. The number of rotatable bonds is 5. The van der Waals surface area contributed by atoms with Crippen LogP contribution in [0.3, 0.4) is 0 Å². The van der Waals surface area contributed by atoms with Crippen LogP contribution in [-0.2, 0) is 9.59 Å². The van der Waals surface area contributed by atoms with Gasteiger partial charge in [0.25, 0.3) is 0 Å². The maximum absolute atomic E-state index is 12.7. The van der Waals surface area contributed by atoms with Crippen molar-refractivity contribution in [3.63, 3.8) is 0 Å². The summed E-state index contributed by atoms with van der Waals surface area (Å²) in [7, 11) is 0. The Balaban J connectivity index is 1.80. The van der Waals surface area contributed by atoms with Gasteiger partial charge in [0, 0.05) is 5.69 Å². The van der Waals surface area contributed by atoms with Gasteiger partial charge in [-0.05, 0) is 42.0 Å². The van der Waals surface area contributed by atoms with Crippen molar-refractivity contribution < 1.29 is 19.1 Å². The van der Waals surface area contributed by atoms with Gasteiger partial charge in [0.2, 0.25) is 11.8 Å². The largest absolute Gasteiger partial charge is 0.508 e. The van der Waals surface area contributed by atoms with E-state index in [4.69, 9.17) is 0 Å². The Bertz CT molecular complexity index is 730. The first-order valence-corrected chi connectivity index (χ1v) is 6.69. The molecular formula is C16H14FN3O3. The summed E-state index contributed by atoms with van der Waals surface area (Å²) in [5.74, 6) is -1.47. The fraction of sp³-hybridized carbons (Fsp3) is 0.0625. The maximum atomic E-state index is 12.7. The molecule has 2 rings (SSSR count). The number of carbonyl (C=O) groups excluding carboxylic acids is 2. The smallest absolute Gasteiger partial charge is 0.249 e. The summed E-state index contributed by atoms with van der Waals surface area (Å²) in [6, 6.07) is 11.5. The minimum Gasteiger partial charge on any atom is -0.508 e. The number of phenols is 1. The van der Waals surface area contributed by atoms with E-state index in [9.17, 15) is 19.1 Å². The van der Waals surface area contributed by atoms with Gasteiger partial charge in [-0.25, -0.2) is 9.82 Å². The van der Waals surface area contributed by atoms with Crippen LogP contribution in [0.5, 0.6) is 5.75 Å². The third-order valence-corrected chi connectivity index (χ3v) is 2.72. The number of anilines is 1. The van der Waals surface area contributed by atoms with Crippen LogP contribution >= 0.6 is 0 Å². The molecule has 0 saturated heterocycles. The zero-order chi connectivity index (χ0) is 16.7. The highest BCUT2D eigenvalue weighted by Gasteiger charge is 2.08. The van der Waals surface area contributed by atoms with Gasteiger partial charge in [-0.15, -0.1) is 0 Å². The summed E-state index contributed by atoms with van der Waals surface area (Å²) < 4.78 is 12.7. The SMILES string of the molecule is O=C(CC(=O)Nc1ccc(F)cc1)NN=Cc1cccc(O)c1. The van der Waals surface area contributed by atoms with Crippen LogP contribution in [0.2, 0.25) is 0 Å². The maximum Gasteiger partial charge on any atom is 0.249 e. The van der Waals surface area contributed by atoms with Crippen molar-refractivity contribution >= 4 is 23.7 Å². The molecule has 6 nitrogen and oxygen atoms in total. The highest BCUT2D eigenvalue weighted by atomic mass is 19.1. The van der Waals surface area contributed by atoms with Gasteiger partial charge in [0.05, 0.1) is 6.21 Å². The molecule has 2 amide bonds. The summed E-state index contributed by atoms with van der Waals surface area (Å²) in [5, 5.41) is 15.4. The van der Waals surface area contributed by atoms with Gasteiger partial charge >= 0.3 is 0 Å². The average Bonchev–Trinajstić information content (AvgIpc) is 2.49. The molecular weight excluding hydrogens is 301 g/mol. The summed E-state index contributed by atoms with van der Waals surface area (Å²) in [6.07, 6.45) is 0.921. The van der Waals surface area contributed by atoms with Crippen molar-refractivity contribution in [2.45, 2.75) is 6.42 Å². The van der Waals surface area contributed by atoms with Gasteiger partial charge in [-0.2, -0.15) is 5.10 Å². The average molecular weight is 315 g/mol. The van der Waals surface area contributed by atoms with E-state index in [2.05, 4.69) is 15.8 Å². The summed E-state index contributed by atoms with van der Waals surface area (Å²) >= 11 is 0. The molecule has 7 heteroatoms. The number of phenolic OH excluding ortho intramolecular Hbond substituents is 1. The Labute approximate surface area is 131 Å². The summed E-state index contributed by atoms with van der Waals surface area (Å²) in [5.41, 5.74) is 3.20. The number of carbonyl (C=O) groups is 2. The number of hydrazone groups is 1. The number of hydrogen-bond acceptors (Lipinski definition) is 4. The molecule has 3 N–H and O–H groups in total. The van der Waals surface area contributed by atoms with Crippen molar-refractivity contribution in [3.8, 4) is 5.75 Å². The zero-order valence-corrected chi connectivity index (χ0v) is 12.0. The van der Waals surface area contributed by atoms with Gasteiger partial charge in [-0.3, -0.25) is 9.59 Å². The molecule has 0 unspecified atom stereocenters. The molecule has 0 saturated carbocycles. The number of amides is 2. The second kappa shape index (κ2) is 7.69. The molecule has 0 aliphatic heterocycles. The molecule has 0 fully saturated rings. The number of halogens is 1. The standard InChI is InChI=1S/C16H14FN3O3/c17-12-4-6-13(7-5-12)19-15(22)9-16(23)20-18-10-11-2-1-3-14(21)8-11/h1-8,10,21H,9H2,(H,19,22)(H,20,23). The molecule has 0 aliphatic carbocycles. The lowest BCUT2D eigenvalue weighted by atomic mass is 10.2. The Kier molecular flexibility index (Phi) is 5.40. The topological polar surface area (TPSA) is 90.8 Å². The van der Waals surface area contributed by atoms with Crippen LogP contribution in [0.1, 0.15) is 12.0 Å². The van der Waals surface area contributed by atoms with Crippen molar-refractivity contribution in [1.82, 2.24) is 5.43 Å². The lowest BCUT2D eigenvalue weighted by molar-refractivity contribution is -0.126. The van der Waals surface area contributed by atoms with E-state index >= 15 is 0 Å². The fourth-order valence-corrected chi connectivity index (χ4v) is 1.71. The van der Waals surface area contributed by atoms with E-state index in [0.717, 1.165) is 0 Å². The molecule has 0 aromatic heterocycles. The van der Waals surface area contributed by atoms with Gasteiger partial charge in [0.15, 0.2) is 0 Å². The summed E-state index contributed by atoms with van der Waals surface area (Å²) in [6.45, 7) is 0. The predicted molar refractivity (Wildman–Crippen MR) is 83.5 cm³/mol. The Morgan fingerprint density at radius 3 is 2.57 bits per heavy atom. The fourth-order valence-electron chi connectivity index (χ4n) is 1.71. The Hall–Kier alpha value is -3.22. The first-order chi connectivity index (χ1) is 11.0. The monoisotopic (exact) mass is 315 g/mol. The van der Waals surface area contributed by atoms with E-state index in [-0.39, 0.29) is 5.75 Å². The number of aromatic hydroxyl groups is 1. The quantitative estimate of drug-likeness (QED) is 0.448. The number of nitrogens with one attached hydrogen (secondary N) is 2. The van der Waals surface area contributed by atoms with Crippen molar-refractivity contribution in [1.29, 1.82) is 0 Å². The Morgan fingerprint density at radius 2 is 1.87 bits per heavy atom. The first-order valence-electron chi connectivity index (χ1n) is 6.69. The van der Waals surface area contributed by atoms with Crippen LogP contribution in [0.25, 0.3) is 0 Å². The van der Waals surface area contributed by atoms with E-state index in [1.165, 1.54) is 42.6 Å². The third kappa shape index (κ3) is 5.58. The molecule has 118 valence electrons. The molecule has 2 aromatic carbocycles. The zero-order valence-electron chi connectivity index (χ0n) is 12.0. The molecule has 0 heterocycles. The molecule has 0 spiro atoms. The van der Waals surface area contributed by atoms with Gasteiger partial charge in [0.1, 0.15) is 18.0 Å². The van der Waals surface area contributed by atoms with Crippen LogP contribution in [0.15, 0.2) is 53.6 Å². The minimum absolute atomic E-state index is 0.0824. The number of benzene rings is 2. The van der Waals surface area contributed by atoms with Crippen LogP contribution in [-0.4, -0.2) is 23.1 Å². The highest BCUT2D eigenvalue weighted by molar-refractivity contribution is 6.03. The van der Waals surface area contributed by atoms with Crippen LogP contribution in [0.4, 0.5) is 10.1 Å². The lowest BCUT2D eigenvalue weighted by Crippen LogP contribution is -2.24. The van der Waals surface area contributed by atoms with E-state index in [1.807, 2.05) is 0 Å². The second-order valence-corrected chi connectivity index (χ2v) is 4.62. The van der Waals surface area contributed by atoms with Crippen LogP contribution < -0.4 is 10.7 Å². The Morgan fingerprint density at radius 1 is 1.13 bits per heavy atom. The summed E-state index contributed by atoms with van der Waals surface area (Å²) in [4.78, 5) is 23.2. The minimum atomic E-state index is -0.596. The normalized spacial score (nSPS) is 10.5. The molecule has 0 atom stereocenters. The van der Waals surface area contributed by atoms with E-state index < -0.39 is 24.1 Å². The van der Waals surface area contributed by atoms with Crippen LogP contribution in [0, 0.1) is 5.82 Å². The lowest BCUT2D eigenvalue weighted by Gasteiger charge is -2.04. The van der Waals surface area contributed by atoms with Crippen molar-refractivity contribution in [2.75, 3.05) is 5.32 Å². The molecule has 23 heavy (non-hydrogen) atoms. The molecule has 0 radical (unpaired) electrons. The van der Waals surface area contributed by atoms with E-state index in [0.29, 0.717) is 11.3 Å². The van der Waals surface area contributed by atoms with Crippen molar-refractivity contribution in [2.24, 2.45) is 5.10 Å². The highest BCUT2D eigenvalue weighted by Crippen LogP contribution is 2.09. The molecule has 2 aromatic rings. The first kappa shape index (κ1) is 16.2. The van der Waals surface area contributed by atoms with Gasteiger partial charge < -0.3 is 10.4 Å². The van der Waals surface area contributed by atoms with Gasteiger partial charge in [-0.1, -0.05) is 12.1 Å². The van der Waals surface area contributed by atoms with E-state index in [1.54, 1.807) is 12.1 Å². The second-order valence-electron chi connectivity index (χ2n) is 4.62. The molecule has 0 aliphatic rings.